The minimum Gasteiger partial charge on any atom is -0.478 e. The molecule has 1 heterocycles. The van der Waals surface area contributed by atoms with E-state index in [0.29, 0.717) is 5.56 Å². The quantitative estimate of drug-likeness (QED) is 0.189. The maximum Gasteiger partial charge on any atom is 0.407 e. The minimum absolute atomic E-state index is 0.0739. The summed E-state index contributed by atoms with van der Waals surface area (Å²) in [5, 5.41) is 12.8. The van der Waals surface area contributed by atoms with Crippen LogP contribution in [0.25, 0.3) is 22.0 Å². The lowest BCUT2D eigenvalue weighted by atomic mass is 9.98. The molecule has 0 spiro atoms. The molecule has 8 nitrogen and oxygen atoms in total. The predicted octanol–water partition coefficient (Wildman–Crippen LogP) is 6.06. The molecular formula is C34H28N2O6. The van der Waals surface area contributed by atoms with E-state index in [2.05, 4.69) is 22.4 Å². The Labute approximate surface area is 241 Å². The van der Waals surface area contributed by atoms with E-state index < -0.39 is 24.1 Å². The second-order valence-corrected chi connectivity index (χ2v) is 10.2. The molecule has 210 valence electrons. The van der Waals surface area contributed by atoms with Gasteiger partial charge in [0.05, 0.1) is 5.56 Å². The lowest BCUT2D eigenvalue weighted by molar-refractivity contribution is -0.147. The number of nitrogens with one attached hydrogen (secondary N) is 2. The molecule has 5 aromatic rings. The van der Waals surface area contributed by atoms with E-state index in [9.17, 15) is 14.4 Å². The van der Waals surface area contributed by atoms with Crippen LogP contribution in [0.5, 0.6) is 0 Å². The number of ether oxygens (including phenoxy) is 2. The van der Waals surface area contributed by atoms with Crippen molar-refractivity contribution in [1.29, 1.82) is 0 Å². The molecule has 3 N–H and O–H groups in total. The van der Waals surface area contributed by atoms with Crippen molar-refractivity contribution >= 4 is 28.9 Å². The van der Waals surface area contributed by atoms with Gasteiger partial charge in [-0.15, -0.1) is 0 Å². The third-order valence-corrected chi connectivity index (χ3v) is 7.60. The highest BCUT2D eigenvalue weighted by molar-refractivity contribution is 5.88. The van der Waals surface area contributed by atoms with Gasteiger partial charge in [0.25, 0.3) is 0 Å². The van der Waals surface area contributed by atoms with Gasteiger partial charge in [0.15, 0.2) is 0 Å². The Morgan fingerprint density at radius 1 is 0.810 bits per heavy atom. The molecule has 8 heteroatoms. The lowest BCUT2D eigenvalue weighted by Crippen LogP contribution is -2.43. The highest BCUT2D eigenvalue weighted by atomic mass is 16.6. The minimum atomic E-state index is -1.04. The number of esters is 1. The van der Waals surface area contributed by atoms with E-state index in [-0.39, 0.29) is 31.1 Å². The molecule has 4 aromatic carbocycles. The van der Waals surface area contributed by atoms with Crippen molar-refractivity contribution < 1.29 is 29.0 Å². The fourth-order valence-electron chi connectivity index (χ4n) is 5.49. The Balaban J connectivity index is 1.16. The standard InChI is InChI=1S/C34H28N2O6/c37-32(38)22-15-13-21(14-16-22)19-41-33(39)31(17-23-18-35-30-12-6-5-7-24(23)30)36-34(40)42-20-29-27-10-3-1-8-25(27)26-9-2-4-11-28(26)29/h1-16,18,29,31,35H,17,19-20H2,(H,36,40)(H,37,38)/t31-/m0/s1. The number of carbonyl (C=O) groups excluding carboxylic acids is 2. The van der Waals surface area contributed by atoms with E-state index in [4.69, 9.17) is 14.6 Å². The van der Waals surface area contributed by atoms with Gasteiger partial charge in [-0.25, -0.2) is 14.4 Å². The van der Waals surface area contributed by atoms with Crippen LogP contribution in [-0.4, -0.2) is 40.8 Å². The van der Waals surface area contributed by atoms with Crippen LogP contribution in [0.1, 0.15) is 38.5 Å². The van der Waals surface area contributed by atoms with Crippen molar-refractivity contribution in [1.82, 2.24) is 10.3 Å². The zero-order valence-electron chi connectivity index (χ0n) is 22.6. The van der Waals surface area contributed by atoms with Crippen molar-refractivity contribution in [2.24, 2.45) is 0 Å². The Morgan fingerprint density at radius 3 is 2.14 bits per heavy atom. The predicted molar refractivity (Wildman–Crippen MR) is 157 cm³/mol. The van der Waals surface area contributed by atoms with Crippen molar-refractivity contribution in [3.8, 4) is 11.1 Å². The highest BCUT2D eigenvalue weighted by Gasteiger charge is 2.30. The van der Waals surface area contributed by atoms with E-state index in [1.807, 2.05) is 66.9 Å². The molecule has 1 aromatic heterocycles. The van der Waals surface area contributed by atoms with Crippen molar-refractivity contribution in [2.45, 2.75) is 25.0 Å². The van der Waals surface area contributed by atoms with Gasteiger partial charge in [-0.05, 0) is 51.6 Å². The number of H-pyrrole nitrogens is 1. The summed E-state index contributed by atoms with van der Waals surface area (Å²) in [4.78, 5) is 40.7. The largest absolute Gasteiger partial charge is 0.478 e. The van der Waals surface area contributed by atoms with E-state index in [0.717, 1.165) is 38.7 Å². The smallest absolute Gasteiger partial charge is 0.407 e. The Hall–Kier alpha value is -5.37. The molecule has 0 saturated carbocycles. The van der Waals surface area contributed by atoms with Gasteiger partial charge in [0.2, 0.25) is 0 Å². The number of para-hydroxylation sites is 1. The highest BCUT2D eigenvalue weighted by Crippen LogP contribution is 2.44. The summed E-state index contributed by atoms with van der Waals surface area (Å²) in [5.41, 5.74) is 6.96. The number of benzene rings is 4. The average Bonchev–Trinajstić information content (AvgIpc) is 3.57. The van der Waals surface area contributed by atoms with Crippen LogP contribution < -0.4 is 5.32 Å². The Kier molecular flexibility index (Phi) is 7.43. The van der Waals surface area contributed by atoms with Crippen molar-refractivity contribution in [2.75, 3.05) is 6.61 Å². The number of hydrogen-bond donors (Lipinski definition) is 3. The number of rotatable bonds is 9. The molecule has 1 aliphatic carbocycles. The summed E-state index contributed by atoms with van der Waals surface area (Å²) in [7, 11) is 0. The van der Waals surface area contributed by atoms with E-state index >= 15 is 0 Å². The maximum absolute atomic E-state index is 13.3. The fraction of sp³-hybridized carbons (Fsp3) is 0.147. The SMILES string of the molecule is O=C(N[C@@H](Cc1c[nH]c2ccccc12)C(=O)OCc1ccc(C(=O)O)cc1)OCC1c2ccccc2-c2ccccc21. The number of fused-ring (bicyclic) bond motifs is 4. The van der Waals surface area contributed by atoms with E-state index in [1.54, 1.807) is 12.1 Å². The van der Waals surface area contributed by atoms with Gasteiger partial charge < -0.3 is 24.9 Å². The van der Waals surface area contributed by atoms with Crippen LogP contribution in [0.3, 0.4) is 0 Å². The molecule has 0 bridgehead atoms. The molecule has 0 fully saturated rings. The topological polar surface area (TPSA) is 118 Å². The number of carboxylic acids is 1. The molecule has 0 unspecified atom stereocenters. The molecule has 0 saturated heterocycles. The van der Waals surface area contributed by atoms with Crippen LogP contribution in [0, 0.1) is 0 Å². The summed E-state index contributed by atoms with van der Waals surface area (Å²) in [6.45, 7) is 0.0418. The van der Waals surface area contributed by atoms with Crippen molar-refractivity contribution in [3.05, 3.63) is 131 Å². The van der Waals surface area contributed by atoms with E-state index in [1.165, 1.54) is 12.1 Å². The molecule has 6 rings (SSSR count). The monoisotopic (exact) mass is 560 g/mol. The molecule has 0 aliphatic heterocycles. The second-order valence-electron chi connectivity index (χ2n) is 10.2. The number of aromatic carboxylic acids is 1. The van der Waals surface area contributed by atoms with Crippen LogP contribution >= 0.6 is 0 Å². The number of aromatic nitrogens is 1. The van der Waals surface area contributed by atoms with Gasteiger partial charge >= 0.3 is 18.0 Å². The van der Waals surface area contributed by atoms with Gasteiger partial charge in [-0.2, -0.15) is 0 Å². The van der Waals surface area contributed by atoms with Crippen molar-refractivity contribution in [3.63, 3.8) is 0 Å². The first kappa shape index (κ1) is 26.8. The summed E-state index contributed by atoms with van der Waals surface area (Å²) in [6, 6.07) is 28.9. The first-order chi connectivity index (χ1) is 20.5. The van der Waals surface area contributed by atoms with Crippen LogP contribution in [0.15, 0.2) is 103 Å². The van der Waals surface area contributed by atoms with Gasteiger partial charge in [0, 0.05) is 29.4 Å². The fourth-order valence-corrected chi connectivity index (χ4v) is 5.49. The van der Waals surface area contributed by atoms with Crippen LogP contribution in [0.2, 0.25) is 0 Å². The number of carboxylic acid groups (broad SMARTS) is 1. The first-order valence-electron chi connectivity index (χ1n) is 13.6. The molecule has 1 atom stereocenters. The number of aromatic amines is 1. The van der Waals surface area contributed by atoms with Crippen LogP contribution in [-0.2, 0) is 27.3 Å². The van der Waals surface area contributed by atoms with Gasteiger partial charge in [-0.3, -0.25) is 0 Å². The summed E-state index contributed by atoms with van der Waals surface area (Å²) >= 11 is 0. The number of alkyl carbamates (subject to hydrolysis) is 1. The third kappa shape index (κ3) is 5.47. The third-order valence-electron chi connectivity index (χ3n) is 7.60. The first-order valence-corrected chi connectivity index (χ1v) is 13.6. The molecule has 1 aliphatic rings. The summed E-state index contributed by atoms with van der Waals surface area (Å²) in [5.74, 6) is -1.78. The van der Waals surface area contributed by atoms with Gasteiger partial charge in [0.1, 0.15) is 19.3 Å². The lowest BCUT2D eigenvalue weighted by Gasteiger charge is -2.19. The van der Waals surface area contributed by atoms with Gasteiger partial charge in [-0.1, -0.05) is 78.9 Å². The zero-order chi connectivity index (χ0) is 29.1. The number of carbonyl (C=O) groups is 3. The summed E-state index contributed by atoms with van der Waals surface area (Å²) in [6.07, 6.45) is 1.28. The maximum atomic E-state index is 13.3. The Morgan fingerprint density at radius 2 is 1.45 bits per heavy atom. The zero-order valence-corrected chi connectivity index (χ0v) is 22.6. The second kappa shape index (κ2) is 11.6. The Bertz CT molecular complexity index is 1730. The average molecular weight is 561 g/mol. The molecule has 0 radical (unpaired) electrons. The molecule has 42 heavy (non-hydrogen) atoms. The normalized spacial score (nSPS) is 12.8. The molecular weight excluding hydrogens is 532 g/mol. The number of hydrogen-bond acceptors (Lipinski definition) is 5. The van der Waals surface area contributed by atoms with Crippen LogP contribution in [0.4, 0.5) is 4.79 Å². The number of amides is 1. The summed E-state index contributed by atoms with van der Waals surface area (Å²) < 4.78 is 11.3. The molecule has 1 amide bonds.